The Bertz CT molecular complexity index is 873. The summed E-state index contributed by atoms with van der Waals surface area (Å²) in [6.07, 6.45) is 0.0433. The molecular weight excluding hydrogens is 404 g/mol. The lowest BCUT2D eigenvalue weighted by Gasteiger charge is -2.42. The van der Waals surface area contributed by atoms with Crippen molar-refractivity contribution in [2.24, 2.45) is 5.92 Å². The smallest absolute Gasteiger partial charge is 0.335 e. The van der Waals surface area contributed by atoms with E-state index in [0.29, 0.717) is 6.61 Å². The van der Waals surface area contributed by atoms with Crippen molar-refractivity contribution in [1.82, 2.24) is 0 Å². The molecule has 4 atom stereocenters. The minimum Gasteiger partial charge on any atom is -0.452 e. The van der Waals surface area contributed by atoms with E-state index >= 15 is 0 Å². The molecule has 5 heteroatoms. The average Bonchev–Trinajstić information content (AvgIpc) is 2.74. The highest BCUT2D eigenvalue weighted by Gasteiger charge is 2.45. The molecule has 166 valence electrons. The van der Waals surface area contributed by atoms with Gasteiger partial charge in [0.15, 0.2) is 20.5 Å². The van der Waals surface area contributed by atoms with Crippen LogP contribution in [-0.2, 0) is 18.7 Å². The van der Waals surface area contributed by atoms with Gasteiger partial charge in [-0.15, -0.1) is 6.58 Å². The second-order valence-electron chi connectivity index (χ2n) is 9.63. The van der Waals surface area contributed by atoms with Crippen LogP contribution in [0.4, 0.5) is 0 Å². The van der Waals surface area contributed by atoms with Crippen LogP contribution >= 0.6 is 0 Å². The fourth-order valence-corrected chi connectivity index (χ4v) is 4.70. The Kier molecular flexibility index (Phi) is 7.19. The van der Waals surface area contributed by atoms with Gasteiger partial charge in [-0.2, -0.15) is 0 Å². The summed E-state index contributed by atoms with van der Waals surface area (Å²) < 4.78 is 19.1. The van der Waals surface area contributed by atoms with Gasteiger partial charge < -0.3 is 13.9 Å². The molecule has 0 N–H and O–H groups in total. The normalized spacial score (nSPS) is 25.3. The minimum atomic E-state index is -2.22. The summed E-state index contributed by atoms with van der Waals surface area (Å²) in [7, 11) is -2.22. The van der Waals surface area contributed by atoms with Gasteiger partial charge in [0.25, 0.3) is 0 Å². The third-order valence-electron chi connectivity index (χ3n) is 6.39. The van der Waals surface area contributed by atoms with E-state index in [-0.39, 0.29) is 16.9 Å². The summed E-state index contributed by atoms with van der Waals surface area (Å²) in [6.45, 7) is 15.0. The zero-order valence-corrected chi connectivity index (χ0v) is 20.2. The lowest BCUT2D eigenvalue weighted by Crippen LogP contribution is -2.50. The maximum absolute atomic E-state index is 13.5. The van der Waals surface area contributed by atoms with Crippen LogP contribution in [0, 0.1) is 5.92 Å². The highest BCUT2D eigenvalue weighted by molar-refractivity contribution is 6.74. The van der Waals surface area contributed by atoms with E-state index < -0.39 is 26.6 Å². The Labute approximate surface area is 187 Å². The van der Waals surface area contributed by atoms with Gasteiger partial charge in [-0.1, -0.05) is 87.5 Å². The van der Waals surface area contributed by atoms with E-state index in [2.05, 4.69) is 40.4 Å². The zero-order valence-electron chi connectivity index (χ0n) is 19.2. The van der Waals surface area contributed by atoms with E-state index in [1.54, 1.807) is 6.08 Å². The molecule has 0 saturated carbocycles. The molecule has 0 unspecified atom stereocenters. The number of hydrogen-bond acceptors (Lipinski definition) is 4. The third kappa shape index (κ3) is 5.35. The van der Waals surface area contributed by atoms with Crippen LogP contribution in [0.2, 0.25) is 18.1 Å². The van der Waals surface area contributed by atoms with Gasteiger partial charge in [-0.3, -0.25) is 0 Å². The molecule has 3 rings (SSSR count). The lowest BCUT2D eigenvalue weighted by molar-refractivity contribution is -0.180. The first-order valence-corrected chi connectivity index (χ1v) is 13.8. The molecule has 1 heterocycles. The number of rotatable bonds is 5. The van der Waals surface area contributed by atoms with Crippen LogP contribution < -0.4 is 0 Å². The Morgan fingerprint density at radius 2 is 1.48 bits per heavy atom. The summed E-state index contributed by atoms with van der Waals surface area (Å²) in [5.41, 5.74) is 1.86. The van der Waals surface area contributed by atoms with Crippen molar-refractivity contribution >= 4 is 14.3 Å². The molecule has 1 fully saturated rings. The van der Waals surface area contributed by atoms with Gasteiger partial charge in [0.05, 0.1) is 6.61 Å². The van der Waals surface area contributed by atoms with Crippen LogP contribution in [-0.4, -0.2) is 27.0 Å². The number of benzene rings is 2. The van der Waals surface area contributed by atoms with Crippen LogP contribution in [0.5, 0.6) is 0 Å². The van der Waals surface area contributed by atoms with E-state index in [1.807, 2.05) is 60.7 Å². The highest BCUT2D eigenvalue weighted by atomic mass is 28.4. The number of carbonyl (C=O) groups is 1. The topological polar surface area (TPSA) is 44.8 Å². The first kappa shape index (κ1) is 23.5. The number of hydrogen-bond donors (Lipinski definition) is 0. The monoisotopic (exact) mass is 438 g/mol. The average molecular weight is 439 g/mol. The number of esters is 1. The Morgan fingerprint density at radius 1 is 0.968 bits per heavy atom. The molecule has 0 amide bonds. The summed E-state index contributed by atoms with van der Waals surface area (Å²) in [5.74, 6) is -0.641. The van der Waals surface area contributed by atoms with E-state index in [4.69, 9.17) is 13.9 Å². The molecule has 0 radical (unpaired) electrons. The van der Waals surface area contributed by atoms with Gasteiger partial charge >= 0.3 is 5.97 Å². The van der Waals surface area contributed by atoms with E-state index in [1.165, 1.54) is 0 Å². The van der Waals surface area contributed by atoms with Gasteiger partial charge in [0.2, 0.25) is 0 Å². The van der Waals surface area contributed by atoms with Gasteiger partial charge in [0, 0.05) is 5.92 Å². The molecule has 2 aromatic rings. The third-order valence-corrected chi connectivity index (χ3v) is 10.8. The summed E-state index contributed by atoms with van der Waals surface area (Å²) in [5, 5.41) is -0.0341. The van der Waals surface area contributed by atoms with Crippen LogP contribution in [0.1, 0.15) is 44.1 Å². The fourth-order valence-electron chi connectivity index (χ4n) is 3.44. The summed E-state index contributed by atoms with van der Waals surface area (Å²) >= 11 is 0. The Hall–Kier alpha value is -2.21. The van der Waals surface area contributed by atoms with Crippen molar-refractivity contribution in [1.29, 1.82) is 0 Å². The first-order valence-electron chi connectivity index (χ1n) is 10.9. The van der Waals surface area contributed by atoms with Crippen LogP contribution in [0.15, 0.2) is 73.3 Å². The quantitative estimate of drug-likeness (QED) is 0.315. The van der Waals surface area contributed by atoms with Crippen molar-refractivity contribution in [3.8, 4) is 0 Å². The fraction of sp³-hybridized carbons (Fsp3) is 0.423. The molecule has 31 heavy (non-hydrogen) atoms. The van der Waals surface area contributed by atoms with Gasteiger partial charge in [0.1, 0.15) is 6.10 Å². The van der Waals surface area contributed by atoms with Crippen molar-refractivity contribution in [3.63, 3.8) is 0 Å². The second-order valence-corrected chi connectivity index (χ2v) is 14.4. The van der Waals surface area contributed by atoms with Crippen molar-refractivity contribution < 1.29 is 18.7 Å². The molecule has 2 aromatic carbocycles. The highest BCUT2D eigenvalue weighted by Crippen LogP contribution is 2.41. The van der Waals surface area contributed by atoms with Crippen molar-refractivity contribution in [2.75, 3.05) is 6.61 Å². The molecule has 0 aromatic heterocycles. The SMILES string of the molecule is C=C[C@@H]1CO[C@H](c2ccccc2)[C@@H](c2ccccc2)OC(=O)[C@H]1O[Si](C)(C)C(C)(C)C. The molecule has 0 bridgehead atoms. The van der Waals surface area contributed by atoms with E-state index in [9.17, 15) is 4.79 Å². The van der Waals surface area contributed by atoms with Crippen molar-refractivity contribution in [2.45, 2.75) is 57.2 Å². The first-order chi connectivity index (χ1) is 14.6. The molecule has 1 aliphatic heterocycles. The number of cyclic esters (lactones) is 1. The van der Waals surface area contributed by atoms with Gasteiger partial charge in [-0.25, -0.2) is 4.79 Å². The predicted octanol–water partition coefficient (Wildman–Crippen LogP) is 6.24. The molecule has 0 aliphatic carbocycles. The maximum atomic E-state index is 13.5. The van der Waals surface area contributed by atoms with Crippen molar-refractivity contribution in [3.05, 3.63) is 84.4 Å². The standard InChI is InChI=1S/C26H34O4Si/c1-7-19-18-28-22(20-14-10-8-11-15-20)23(21-16-12-9-13-17-21)29-25(27)24(19)30-31(5,6)26(2,3)4/h7-17,19,22-24H,1,18H2,2-6H3/t19-,22-,23-,24+/m1/s1. The Morgan fingerprint density at radius 3 is 1.97 bits per heavy atom. The summed E-state index contributed by atoms with van der Waals surface area (Å²) in [4.78, 5) is 13.5. The number of ether oxygens (including phenoxy) is 2. The minimum absolute atomic E-state index is 0.0341. The largest absolute Gasteiger partial charge is 0.452 e. The van der Waals surface area contributed by atoms with Crippen LogP contribution in [0.3, 0.4) is 0 Å². The van der Waals surface area contributed by atoms with Gasteiger partial charge in [-0.05, 0) is 29.3 Å². The zero-order chi connectivity index (χ0) is 22.6. The lowest BCUT2D eigenvalue weighted by atomic mass is 9.95. The van der Waals surface area contributed by atoms with E-state index in [0.717, 1.165) is 11.1 Å². The molecule has 0 spiro atoms. The molecular formula is C26H34O4Si. The maximum Gasteiger partial charge on any atom is 0.335 e. The number of carbonyl (C=O) groups excluding carboxylic acids is 1. The predicted molar refractivity (Wildman–Crippen MR) is 126 cm³/mol. The Balaban J connectivity index is 1.98. The molecule has 1 aliphatic rings. The molecule has 4 nitrogen and oxygen atoms in total. The second kappa shape index (κ2) is 9.51. The van der Waals surface area contributed by atoms with Crippen LogP contribution in [0.25, 0.3) is 0 Å². The summed E-state index contributed by atoms with van der Waals surface area (Å²) in [6, 6.07) is 19.7. The molecule has 1 saturated heterocycles.